The lowest BCUT2D eigenvalue weighted by Crippen LogP contribution is -1.92. The fraction of sp³-hybridized carbons (Fsp3) is 0.0714. The molecule has 0 spiro atoms. The second-order valence-corrected chi connectivity index (χ2v) is 4.12. The third kappa shape index (κ3) is 1.95. The first-order valence-electron chi connectivity index (χ1n) is 5.86. The van der Waals surface area contributed by atoms with Crippen molar-refractivity contribution in [1.29, 1.82) is 0 Å². The Labute approximate surface area is 110 Å². The van der Waals surface area contributed by atoms with Crippen LogP contribution in [0.1, 0.15) is 5.69 Å². The topological polar surface area (TPSA) is 77.8 Å². The Morgan fingerprint density at radius 1 is 1.05 bits per heavy atom. The predicted octanol–water partition coefficient (Wildman–Crippen LogP) is 2.69. The molecule has 0 aliphatic carbocycles. The molecule has 2 N–H and O–H groups in total. The van der Waals surface area contributed by atoms with E-state index >= 15 is 0 Å². The van der Waals surface area contributed by atoms with Crippen LogP contribution in [0.5, 0.6) is 0 Å². The molecular weight excluding hydrogens is 240 g/mol. The summed E-state index contributed by atoms with van der Waals surface area (Å²) in [6, 6.07) is 9.40. The largest absolute Gasteiger partial charge is 0.380 e. The molecule has 0 aromatic carbocycles. The second-order valence-electron chi connectivity index (χ2n) is 4.12. The van der Waals surface area contributed by atoms with Crippen molar-refractivity contribution in [3.05, 3.63) is 48.4 Å². The number of rotatable bonds is 2. The van der Waals surface area contributed by atoms with Gasteiger partial charge in [-0.15, -0.1) is 0 Å². The van der Waals surface area contributed by atoms with Crippen molar-refractivity contribution in [3.8, 4) is 22.6 Å². The molecular formula is C14H12N4O. The summed E-state index contributed by atoms with van der Waals surface area (Å²) >= 11 is 0. The molecule has 19 heavy (non-hydrogen) atoms. The minimum absolute atomic E-state index is 0.331. The van der Waals surface area contributed by atoms with Crippen molar-refractivity contribution in [2.24, 2.45) is 0 Å². The zero-order valence-electron chi connectivity index (χ0n) is 10.4. The van der Waals surface area contributed by atoms with Gasteiger partial charge in [-0.25, -0.2) is 0 Å². The van der Waals surface area contributed by atoms with Crippen molar-refractivity contribution in [2.75, 3.05) is 5.73 Å². The Hall–Kier alpha value is -2.69. The van der Waals surface area contributed by atoms with Gasteiger partial charge in [0.15, 0.2) is 11.6 Å². The Balaban J connectivity index is 2.23. The highest BCUT2D eigenvalue weighted by Gasteiger charge is 2.19. The van der Waals surface area contributed by atoms with Crippen molar-refractivity contribution < 1.29 is 4.52 Å². The lowest BCUT2D eigenvalue weighted by atomic mass is 10.0. The summed E-state index contributed by atoms with van der Waals surface area (Å²) in [6.45, 7) is 1.91. The van der Waals surface area contributed by atoms with Crippen LogP contribution in [0, 0.1) is 6.92 Å². The highest BCUT2D eigenvalue weighted by atomic mass is 16.5. The van der Waals surface area contributed by atoms with E-state index < -0.39 is 0 Å². The number of nitrogens with zero attached hydrogens (tertiary/aromatic N) is 3. The molecule has 0 aliphatic rings. The smallest absolute Gasteiger partial charge is 0.180 e. The van der Waals surface area contributed by atoms with Crippen LogP contribution in [-0.2, 0) is 0 Å². The van der Waals surface area contributed by atoms with Gasteiger partial charge < -0.3 is 10.3 Å². The van der Waals surface area contributed by atoms with Crippen LogP contribution in [-0.4, -0.2) is 15.1 Å². The summed E-state index contributed by atoms with van der Waals surface area (Å²) in [7, 11) is 0. The lowest BCUT2D eigenvalue weighted by Gasteiger charge is -2.03. The summed E-state index contributed by atoms with van der Waals surface area (Å²) < 4.78 is 5.36. The molecule has 0 bridgehead atoms. The lowest BCUT2D eigenvalue weighted by molar-refractivity contribution is 0.435. The van der Waals surface area contributed by atoms with Crippen molar-refractivity contribution in [1.82, 2.24) is 15.1 Å². The van der Waals surface area contributed by atoms with Crippen LogP contribution < -0.4 is 5.73 Å². The molecule has 0 aliphatic heterocycles. The Morgan fingerprint density at radius 3 is 2.63 bits per heavy atom. The molecule has 5 nitrogen and oxygen atoms in total. The maximum Gasteiger partial charge on any atom is 0.180 e. The second kappa shape index (κ2) is 4.53. The summed E-state index contributed by atoms with van der Waals surface area (Å²) in [5.74, 6) is 0.929. The molecule has 94 valence electrons. The Bertz CT molecular complexity index is 706. The standard InChI is InChI=1S/C14H12N4O/c1-9-10(5-4-8-16-9)13-12(14(15)18-19-13)11-6-2-3-7-17-11/h2-8H,1H3,(H2,15,18). The molecule has 0 fully saturated rings. The molecule has 3 aromatic rings. The van der Waals surface area contributed by atoms with Gasteiger partial charge in [0.05, 0.1) is 11.3 Å². The van der Waals surface area contributed by atoms with E-state index in [-0.39, 0.29) is 0 Å². The van der Waals surface area contributed by atoms with Gasteiger partial charge in [-0.2, -0.15) is 0 Å². The summed E-state index contributed by atoms with van der Waals surface area (Å²) in [5.41, 5.74) is 9.06. The van der Waals surface area contributed by atoms with Crippen LogP contribution in [0.25, 0.3) is 22.6 Å². The third-order valence-corrected chi connectivity index (χ3v) is 2.89. The normalized spacial score (nSPS) is 10.6. The first-order valence-corrected chi connectivity index (χ1v) is 5.86. The maximum atomic E-state index is 5.90. The number of aromatic nitrogens is 3. The number of aryl methyl sites for hydroxylation is 1. The van der Waals surface area contributed by atoms with Crippen LogP contribution in [0.15, 0.2) is 47.2 Å². The van der Waals surface area contributed by atoms with Crippen LogP contribution in [0.4, 0.5) is 5.82 Å². The van der Waals surface area contributed by atoms with Crippen molar-refractivity contribution >= 4 is 5.82 Å². The molecule has 0 saturated heterocycles. The highest BCUT2D eigenvalue weighted by Crippen LogP contribution is 2.36. The molecule has 0 saturated carbocycles. The molecule has 0 atom stereocenters. The van der Waals surface area contributed by atoms with E-state index in [0.717, 1.165) is 17.0 Å². The van der Waals surface area contributed by atoms with Gasteiger partial charge in [0.2, 0.25) is 0 Å². The zero-order chi connectivity index (χ0) is 13.2. The summed E-state index contributed by atoms with van der Waals surface area (Å²) in [6.07, 6.45) is 3.45. The molecule has 5 heteroatoms. The van der Waals surface area contributed by atoms with Gasteiger partial charge in [-0.05, 0) is 31.2 Å². The monoisotopic (exact) mass is 252 g/mol. The quantitative estimate of drug-likeness (QED) is 0.758. The van der Waals surface area contributed by atoms with Gasteiger partial charge >= 0.3 is 0 Å². The van der Waals surface area contributed by atoms with E-state index in [1.165, 1.54) is 0 Å². The number of hydrogen-bond donors (Lipinski definition) is 1. The molecule has 0 unspecified atom stereocenters. The fourth-order valence-electron chi connectivity index (χ4n) is 1.97. The summed E-state index contributed by atoms with van der Waals surface area (Å²) in [5, 5.41) is 3.85. The molecule has 3 heterocycles. The number of nitrogens with two attached hydrogens (primary N) is 1. The summed E-state index contributed by atoms with van der Waals surface area (Å²) in [4.78, 5) is 8.55. The van der Waals surface area contributed by atoms with Gasteiger partial charge in [0.1, 0.15) is 0 Å². The fourth-order valence-corrected chi connectivity index (χ4v) is 1.97. The third-order valence-electron chi connectivity index (χ3n) is 2.89. The minimum Gasteiger partial charge on any atom is -0.380 e. The molecule has 3 rings (SSSR count). The molecule has 0 amide bonds. The molecule has 3 aromatic heterocycles. The molecule has 0 radical (unpaired) electrons. The minimum atomic E-state index is 0.331. The maximum absolute atomic E-state index is 5.90. The number of nitrogen functional groups attached to an aromatic ring is 1. The van der Waals surface area contributed by atoms with E-state index in [0.29, 0.717) is 17.1 Å². The number of pyridine rings is 2. The van der Waals surface area contributed by atoms with Crippen LogP contribution in [0.2, 0.25) is 0 Å². The van der Waals surface area contributed by atoms with Gasteiger partial charge in [0, 0.05) is 23.7 Å². The van der Waals surface area contributed by atoms with E-state index in [1.807, 2.05) is 37.3 Å². The first kappa shape index (κ1) is 11.4. The highest BCUT2D eigenvalue weighted by molar-refractivity contribution is 5.85. The van der Waals surface area contributed by atoms with Crippen molar-refractivity contribution in [3.63, 3.8) is 0 Å². The van der Waals surface area contributed by atoms with Crippen molar-refractivity contribution in [2.45, 2.75) is 6.92 Å². The first-order chi connectivity index (χ1) is 9.27. The number of anilines is 1. The van der Waals surface area contributed by atoms with Crippen LogP contribution >= 0.6 is 0 Å². The van der Waals surface area contributed by atoms with Gasteiger partial charge in [-0.3, -0.25) is 9.97 Å². The predicted molar refractivity (Wildman–Crippen MR) is 72.1 cm³/mol. The van der Waals surface area contributed by atoms with E-state index in [4.69, 9.17) is 10.3 Å². The average molecular weight is 252 g/mol. The van der Waals surface area contributed by atoms with Crippen LogP contribution in [0.3, 0.4) is 0 Å². The van der Waals surface area contributed by atoms with Gasteiger partial charge in [0.25, 0.3) is 0 Å². The Morgan fingerprint density at radius 2 is 1.89 bits per heavy atom. The van der Waals surface area contributed by atoms with E-state index in [2.05, 4.69) is 15.1 Å². The zero-order valence-corrected chi connectivity index (χ0v) is 10.4. The van der Waals surface area contributed by atoms with Gasteiger partial charge in [-0.1, -0.05) is 11.2 Å². The average Bonchev–Trinajstić information content (AvgIpc) is 2.82. The van der Waals surface area contributed by atoms with E-state index in [9.17, 15) is 0 Å². The van der Waals surface area contributed by atoms with E-state index in [1.54, 1.807) is 12.4 Å². The SMILES string of the molecule is Cc1ncccc1-c1onc(N)c1-c1ccccn1. The number of hydrogen-bond acceptors (Lipinski definition) is 5. The Kier molecular flexibility index (Phi) is 2.72.